The molecule has 2 aromatic carbocycles. The Morgan fingerprint density at radius 1 is 1.14 bits per heavy atom. The van der Waals surface area contributed by atoms with Crippen molar-refractivity contribution in [1.82, 2.24) is 4.57 Å². The Bertz CT molecular complexity index is 787. The second kappa shape index (κ2) is 5.32. The molecule has 0 radical (unpaired) electrons. The molecule has 0 aliphatic carbocycles. The van der Waals surface area contributed by atoms with Gasteiger partial charge in [-0.25, -0.2) is 0 Å². The predicted octanol–water partition coefficient (Wildman–Crippen LogP) is 3.17. The van der Waals surface area contributed by atoms with Gasteiger partial charge in [0.15, 0.2) is 0 Å². The fourth-order valence-electron chi connectivity index (χ4n) is 2.44. The van der Waals surface area contributed by atoms with Crippen LogP contribution in [0.4, 0.5) is 11.4 Å². The summed E-state index contributed by atoms with van der Waals surface area (Å²) in [4.78, 5) is 12.1. The summed E-state index contributed by atoms with van der Waals surface area (Å²) >= 11 is 0. The molecule has 1 aromatic heterocycles. The van der Waals surface area contributed by atoms with E-state index in [9.17, 15) is 4.79 Å². The number of aromatic nitrogens is 1. The van der Waals surface area contributed by atoms with Crippen molar-refractivity contribution in [3.8, 4) is 0 Å². The quantitative estimate of drug-likeness (QED) is 0.723. The van der Waals surface area contributed by atoms with Crippen LogP contribution in [-0.2, 0) is 11.3 Å². The molecule has 0 atom stereocenters. The maximum Gasteiger partial charge on any atom is 0.244 e. The van der Waals surface area contributed by atoms with Crippen LogP contribution in [-0.4, -0.2) is 10.5 Å². The molecule has 21 heavy (non-hydrogen) atoms. The standard InChI is InChI=1S/C17H17N3O/c1-12-3-2-4-16-15(12)9-10-20(16)11-17(21)19-14-7-5-13(18)6-8-14/h2-10H,11,18H2,1H3,(H,19,21). The number of fused-ring (bicyclic) bond motifs is 1. The van der Waals surface area contributed by atoms with Gasteiger partial charge in [-0.2, -0.15) is 0 Å². The third kappa shape index (κ3) is 2.74. The first-order valence-electron chi connectivity index (χ1n) is 6.83. The monoisotopic (exact) mass is 279 g/mol. The third-order valence-corrected chi connectivity index (χ3v) is 3.54. The molecule has 1 amide bonds. The number of carbonyl (C=O) groups excluding carboxylic acids is 1. The van der Waals surface area contributed by atoms with Crippen molar-refractivity contribution in [2.24, 2.45) is 0 Å². The van der Waals surface area contributed by atoms with Crippen LogP contribution < -0.4 is 11.1 Å². The molecule has 4 heteroatoms. The van der Waals surface area contributed by atoms with Gasteiger partial charge in [0.1, 0.15) is 6.54 Å². The van der Waals surface area contributed by atoms with Crippen LogP contribution in [0.1, 0.15) is 5.56 Å². The Kier molecular flexibility index (Phi) is 3.36. The number of nitrogen functional groups attached to an aromatic ring is 1. The number of carbonyl (C=O) groups is 1. The number of anilines is 2. The van der Waals surface area contributed by atoms with Gasteiger partial charge in [0.05, 0.1) is 0 Å². The molecule has 0 bridgehead atoms. The number of nitrogens with one attached hydrogen (secondary N) is 1. The lowest BCUT2D eigenvalue weighted by atomic mass is 10.1. The molecule has 0 unspecified atom stereocenters. The first-order chi connectivity index (χ1) is 10.1. The molecule has 3 aromatic rings. The molecular weight excluding hydrogens is 262 g/mol. The summed E-state index contributed by atoms with van der Waals surface area (Å²) in [5, 5.41) is 4.05. The molecule has 0 spiro atoms. The lowest BCUT2D eigenvalue weighted by Gasteiger charge is -2.08. The fourth-order valence-corrected chi connectivity index (χ4v) is 2.44. The van der Waals surface area contributed by atoms with Crippen LogP contribution in [0.3, 0.4) is 0 Å². The fraction of sp³-hybridized carbons (Fsp3) is 0.118. The Morgan fingerprint density at radius 3 is 2.67 bits per heavy atom. The van der Waals surface area contributed by atoms with Gasteiger partial charge in [0.25, 0.3) is 0 Å². The summed E-state index contributed by atoms with van der Waals surface area (Å²) in [6.45, 7) is 2.36. The summed E-state index contributed by atoms with van der Waals surface area (Å²) in [6.07, 6.45) is 1.94. The van der Waals surface area contributed by atoms with E-state index >= 15 is 0 Å². The van der Waals surface area contributed by atoms with Gasteiger partial charge in [-0.1, -0.05) is 12.1 Å². The average Bonchev–Trinajstić information content (AvgIpc) is 2.86. The molecule has 0 aliphatic rings. The molecule has 3 rings (SSSR count). The normalized spacial score (nSPS) is 10.7. The lowest BCUT2D eigenvalue weighted by Crippen LogP contribution is -2.18. The lowest BCUT2D eigenvalue weighted by molar-refractivity contribution is -0.116. The summed E-state index contributed by atoms with van der Waals surface area (Å²) in [7, 11) is 0. The Labute approximate surface area is 123 Å². The van der Waals surface area contributed by atoms with Crippen LogP contribution in [0, 0.1) is 6.92 Å². The minimum atomic E-state index is -0.0567. The summed E-state index contributed by atoms with van der Waals surface area (Å²) < 4.78 is 1.95. The highest BCUT2D eigenvalue weighted by Crippen LogP contribution is 2.19. The van der Waals surface area contributed by atoms with E-state index in [0.717, 1.165) is 11.2 Å². The second-order valence-electron chi connectivity index (χ2n) is 5.12. The molecule has 3 N–H and O–H groups in total. The van der Waals surface area contributed by atoms with Gasteiger partial charge < -0.3 is 15.6 Å². The molecule has 0 saturated carbocycles. The van der Waals surface area contributed by atoms with Crippen LogP contribution in [0.15, 0.2) is 54.7 Å². The maximum absolute atomic E-state index is 12.1. The van der Waals surface area contributed by atoms with E-state index in [1.165, 1.54) is 10.9 Å². The van der Waals surface area contributed by atoms with Gasteiger partial charge in [0.2, 0.25) is 5.91 Å². The van der Waals surface area contributed by atoms with Gasteiger partial charge >= 0.3 is 0 Å². The van der Waals surface area contributed by atoms with Crippen LogP contribution >= 0.6 is 0 Å². The first kappa shape index (κ1) is 13.2. The van der Waals surface area contributed by atoms with E-state index in [1.54, 1.807) is 24.3 Å². The highest BCUT2D eigenvalue weighted by atomic mass is 16.1. The number of amides is 1. The summed E-state index contributed by atoms with van der Waals surface area (Å²) in [5.74, 6) is -0.0567. The highest BCUT2D eigenvalue weighted by molar-refractivity contribution is 5.92. The molecule has 1 heterocycles. The molecule has 106 valence electrons. The summed E-state index contributed by atoms with van der Waals surface area (Å²) in [6, 6.07) is 15.3. The predicted molar refractivity (Wildman–Crippen MR) is 86.2 cm³/mol. The first-order valence-corrected chi connectivity index (χ1v) is 6.83. The van der Waals surface area contributed by atoms with Crippen molar-refractivity contribution in [3.05, 3.63) is 60.3 Å². The largest absolute Gasteiger partial charge is 0.399 e. The van der Waals surface area contributed by atoms with Gasteiger partial charge in [-0.3, -0.25) is 4.79 Å². The number of rotatable bonds is 3. The maximum atomic E-state index is 12.1. The van der Waals surface area contributed by atoms with E-state index in [0.29, 0.717) is 5.69 Å². The van der Waals surface area contributed by atoms with E-state index < -0.39 is 0 Å². The molecular formula is C17H17N3O. The SMILES string of the molecule is Cc1cccc2c1ccn2CC(=O)Nc1ccc(N)cc1. The van der Waals surface area contributed by atoms with Crippen molar-refractivity contribution >= 4 is 28.2 Å². The third-order valence-electron chi connectivity index (χ3n) is 3.54. The average molecular weight is 279 g/mol. The van der Waals surface area contributed by atoms with Gasteiger partial charge in [-0.15, -0.1) is 0 Å². The minimum Gasteiger partial charge on any atom is -0.399 e. The van der Waals surface area contributed by atoms with Gasteiger partial charge in [-0.05, 0) is 48.9 Å². The zero-order valence-corrected chi connectivity index (χ0v) is 11.8. The zero-order chi connectivity index (χ0) is 14.8. The van der Waals surface area contributed by atoms with Crippen LogP contribution in [0.5, 0.6) is 0 Å². The minimum absolute atomic E-state index is 0.0567. The Balaban J connectivity index is 1.77. The van der Waals surface area contributed by atoms with Crippen molar-refractivity contribution in [1.29, 1.82) is 0 Å². The van der Waals surface area contributed by atoms with E-state index in [2.05, 4.69) is 18.3 Å². The Morgan fingerprint density at radius 2 is 1.90 bits per heavy atom. The van der Waals surface area contributed by atoms with Crippen molar-refractivity contribution in [2.75, 3.05) is 11.1 Å². The molecule has 0 fully saturated rings. The molecule has 0 aliphatic heterocycles. The number of aryl methyl sites for hydroxylation is 1. The molecule has 4 nitrogen and oxygen atoms in total. The number of hydrogen-bond acceptors (Lipinski definition) is 2. The van der Waals surface area contributed by atoms with Crippen molar-refractivity contribution < 1.29 is 4.79 Å². The van der Waals surface area contributed by atoms with E-state index in [-0.39, 0.29) is 12.5 Å². The summed E-state index contributed by atoms with van der Waals surface area (Å²) in [5.41, 5.74) is 9.34. The second-order valence-corrected chi connectivity index (χ2v) is 5.12. The van der Waals surface area contributed by atoms with Crippen LogP contribution in [0.2, 0.25) is 0 Å². The number of nitrogens with zero attached hydrogens (tertiary/aromatic N) is 1. The number of hydrogen-bond donors (Lipinski definition) is 2. The zero-order valence-electron chi connectivity index (χ0n) is 11.8. The number of nitrogens with two attached hydrogens (primary N) is 1. The van der Waals surface area contributed by atoms with Crippen LogP contribution in [0.25, 0.3) is 10.9 Å². The Hall–Kier alpha value is -2.75. The van der Waals surface area contributed by atoms with Crippen molar-refractivity contribution in [3.63, 3.8) is 0 Å². The number of benzene rings is 2. The van der Waals surface area contributed by atoms with E-state index in [1.807, 2.05) is 29.0 Å². The topological polar surface area (TPSA) is 60.0 Å². The van der Waals surface area contributed by atoms with E-state index in [4.69, 9.17) is 5.73 Å². The smallest absolute Gasteiger partial charge is 0.244 e. The van der Waals surface area contributed by atoms with Gasteiger partial charge in [0, 0.05) is 28.5 Å². The molecule has 0 saturated heterocycles. The highest BCUT2D eigenvalue weighted by Gasteiger charge is 2.07. The van der Waals surface area contributed by atoms with Crippen molar-refractivity contribution in [2.45, 2.75) is 13.5 Å².